The van der Waals surface area contributed by atoms with Crippen molar-refractivity contribution in [1.29, 1.82) is 5.41 Å². The van der Waals surface area contributed by atoms with Crippen molar-refractivity contribution < 1.29 is 24.3 Å². The molecule has 1 aromatic rings. The fourth-order valence-electron chi connectivity index (χ4n) is 7.57. The number of guanidine groups is 1. The number of nitrogens with one attached hydrogen (secondary N) is 2. The van der Waals surface area contributed by atoms with Crippen LogP contribution in [0.25, 0.3) is 0 Å². The Morgan fingerprint density at radius 2 is 2.10 bits per heavy atom. The highest BCUT2D eigenvalue weighted by Crippen LogP contribution is 2.53. The van der Waals surface area contributed by atoms with Gasteiger partial charge in [0.25, 0.3) is 0 Å². The molecule has 6 rings (SSSR count). The number of aromatic nitrogens is 4. The van der Waals surface area contributed by atoms with Gasteiger partial charge in [-0.2, -0.15) is 0 Å². The molecule has 0 spiro atoms. The van der Waals surface area contributed by atoms with Crippen LogP contribution in [0.5, 0.6) is 0 Å². The van der Waals surface area contributed by atoms with Gasteiger partial charge in [-0.1, -0.05) is 13.8 Å². The Bertz CT molecular complexity index is 1340. The first-order valence-electron chi connectivity index (χ1n) is 14.4. The molecule has 1 aromatic heterocycles. The van der Waals surface area contributed by atoms with Crippen LogP contribution in [-0.2, 0) is 25.7 Å². The summed E-state index contributed by atoms with van der Waals surface area (Å²) < 4.78 is 1.34. The topological polar surface area (TPSA) is 204 Å². The number of carbonyl (C=O) groups is 4. The van der Waals surface area contributed by atoms with Crippen LogP contribution in [0.15, 0.2) is 16.9 Å². The van der Waals surface area contributed by atoms with Crippen LogP contribution < -0.4 is 11.1 Å². The van der Waals surface area contributed by atoms with Crippen LogP contribution in [0.4, 0.5) is 0 Å². The molecule has 4 fully saturated rings. The van der Waals surface area contributed by atoms with Crippen LogP contribution in [0.2, 0.25) is 0 Å². The second-order valence-corrected chi connectivity index (χ2v) is 13.5. The van der Waals surface area contributed by atoms with E-state index in [2.05, 4.69) is 20.8 Å². The molecule has 5 aliphatic rings. The molecule has 6 heterocycles. The largest absolute Gasteiger partial charge is 0.477 e. The van der Waals surface area contributed by atoms with Crippen LogP contribution in [0, 0.1) is 29.1 Å². The van der Waals surface area contributed by atoms with Crippen molar-refractivity contribution in [2.75, 3.05) is 26.2 Å². The number of β-lactam (4-membered cyclic amide) rings is 1. The van der Waals surface area contributed by atoms with E-state index in [1.54, 1.807) is 0 Å². The van der Waals surface area contributed by atoms with Gasteiger partial charge in [-0.15, -0.1) is 16.9 Å². The molecule has 15 nitrogen and oxygen atoms in total. The van der Waals surface area contributed by atoms with Crippen molar-refractivity contribution in [3.8, 4) is 0 Å². The number of nitrogens with two attached hydrogens (primary N) is 1. The number of hydrogen-bond donors (Lipinski definition) is 4. The van der Waals surface area contributed by atoms with E-state index in [-0.39, 0.29) is 77.4 Å². The molecule has 0 radical (unpaired) electrons. The van der Waals surface area contributed by atoms with Gasteiger partial charge >= 0.3 is 5.97 Å². The highest BCUT2D eigenvalue weighted by molar-refractivity contribution is 8.03. The Morgan fingerprint density at radius 1 is 1.31 bits per heavy atom. The number of likely N-dealkylation sites (tertiary alicyclic amines) is 2. The smallest absolute Gasteiger partial charge is 0.353 e. The third-order valence-corrected chi connectivity index (χ3v) is 11.0. The minimum atomic E-state index is -1.14. The predicted molar refractivity (Wildman–Crippen MR) is 149 cm³/mol. The predicted octanol–water partition coefficient (Wildman–Crippen LogP) is -1.07. The van der Waals surface area contributed by atoms with Crippen molar-refractivity contribution in [3.63, 3.8) is 0 Å². The zero-order valence-electron chi connectivity index (χ0n) is 23.5. The Balaban J connectivity index is 1.08. The van der Waals surface area contributed by atoms with Gasteiger partial charge in [-0.05, 0) is 29.2 Å². The number of ketones is 1. The molecule has 42 heavy (non-hydrogen) atoms. The van der Waals surface area contributed by atoms with Crippen LogP contribution in [0.3, 0.4) is 0 Å². The molecule has 8 atom stereocenters. The number of nitrogens with zero attached hydrogens (tertiary/aromatic N) is 7. The summed E-state index contributed by atoms with van der Waals surface area (Å²) in [6.07, 6.45) is 2.99. The average Bonchev–Trinajstić information content (AvgIpc) is 3.74. The van der Waals surface area contributed by atoms with Crippen LogP contribution in [0.1, 0.15) is 33.1 Å². The monoisotopic (exact) mass is 600 g/mol. The number of carboxylic acids is 1. The van der Waals surface area contributed by atoms with Crippen LogP contribution in [-0.4, -0.2) is 119 Å². The molecule has 5 aliphatic heterocycles. The maximum absolute atomic E-state index is 13.4. The molecule has 0 saturated carbocycles. The van der Waals surface area contributed by atoms with Crippen molar-refractivity contribution in [1.82, 2.24) is 40.2 Å². The fourth-order valence-corrected chi connectivity index (χ4v) is 9.05. The zero-order valence-corrected chi connectivity index (χ0v) is 24.4. The molecule has 3 unspecified atom stereocenters. The van der Waals surface area contributed by atoms with Gasteiger partial charge in [0.1, 0.15) is 18.6 Å². The van der Waals surface area contributed by atoms with Crippen LogP contribution >= 0.6 is 11.8 Å². The first-order chi connectivity index (χ1) is 20.0. The first kappa shape index (κ1) is 28.6. The van der Waals surface area contributed by atoms with E-state index in [0.29, 0.717) is 36.9 Å². The lowest BCUT2D eigenvalue weighted by molar-refractivity contribution is -0.160. The molecular weight excluding hydrogens is 564 g/mol. The SMILES string of the molecule is C[C@@H](CC(=O)Cn1cnnn1)[C@H]1C(=O)N2C(C(=O)O)=C(S[C@@H]3CNC(C(=O)N4CC5CCN(C(=N)N)C5C4)C3)[C@H](C)[C@H]12. The van der Waals surface area contributed by atoms with Gasteiger partial charge in [0.2, 0.25) is 11.8 Å². The number of thioether (sulfide) groups is 1. The molecular formula is C26H36N10O5S. The fraction of sp³-hybridized carbons (Fsp3) is 0.692. The number of fused-ring (bicyclic) bond motifs is 2. The van der Waals surface area contributed by atoms with Gasteiger partial charge in [0, 0.05) is 54.6 Å². The molecule has 226 valence electrons. The van der Waals surface area contributed by atoms with Crippen molar-refractivity contribution in [2.45, 2.75) is 63.0 Å². The molecule has 2 amide bonds. The van der Waals surface area contributed by atoms with E-state index < -0.39 is 11.9 Å². The van der Waals surface area contributed by atoms with E-state index in [9.17, 15) is 24.3 Å². The summed E-state index contributed by atoms with van der Waals surface area (Å²) in [5.41, 5.74) is 5.76. The Labute approximate surface area is 246 Å². The second kappa shape index (κ2) is 10.9. The summed E-state index contributed by atoms with van der Waals surface area (Å²) in [6, 6.07) is -0.592. The van der Waals surface area contributed by atoms with Gasteiger partial charge in [-0.25, -0.2) is 9.48 Å². The Kier molecular flexibility index (Phi) is 7.45. The molecule has 5 N–H and O–H groups in total. The summed E-state index contributed by atoms with van der Waals surface area (Å²) in [7, 11) is 0. The number of carboxylic acid groups (broad SMARTS) is 1. The molecule has 4 saturated heterocycles. The summed E-state index contributed by atoms with van der Waals surface area (Å²) in [5.74, 6) is -2.03. The number of rotatable bonds is 9. The number of tetrazole rings is 1. The third kappa shape index (κ3) is 4.83. The van der Waals surface area contributed by atoms with E-state index >= 15 is 0 Å². The van der Waals surface area contributed by atoms with E-state index in [1.807, 2.05) is 23.6 Å². The summed E-state index contributed by atoms with van der Waals surface area (Å²) >= 11 is 1.45. The summed E-state index contributed by atoms with van der Waals surface area (Å²) in [5, 5.41) is 32.0. The number of Topliss-reactive ketones (excluding diaryl/α,β-unsaturated/α-hetero) is 1. The zero-order chi connectivity index (χ0) is 29.9. The summed E-state index contributed by atoms with van der Waals surface area (Å²) in [4.78, 5) is 57.4. The number of amides is 2. The van der Waals surface area contributed by atoms with Gasteiger partial charge in [0.05, 0.1) is 24.0 Å². The highest BCUT2D eigenvalue weighted by Gasteiger charge is 2.60. The van der Waals surface area contributed by atoms with E-state index in [0.717, 1.165) is 13.0 Å². The van der Waals surface area contributed by atoms with Gasteiger partial charge in [0.15, 0.2) is 11.7 Å². The summed E-state index contributed by atoms with van der Waals surface area (Å²) in [6.45, 7) is 6.34. The van der Waals surface area contributed by atoms with Gasteiger partial charge in [-0.3, -0.25) is 19.8 Å². The van der Waals surface area contributed by atoms with Crippen molar-refractivity contribution in [3.05, 3.63) is 16.9 Å². The minimum absolute atomic E-state index is 0.0181. The lowest BCUT2D eigenvalue weighted by atomic mass is 9.73. The average molecular weight is 601 g/mol. The highest BCUT2D eigenvalue weighted by atomic mass is 32.2. The van der Waals surface area contributed by atoms with Gasteiger partial charge < -0.3 is 30.9 Å². The molecule has 0 bridgehead atoms. The molecule has 0 aromatic carbocycles. The Morgan fingerprint density at radius 3 is 2.79 bits per heavy atom. The normalized spacial score (nSPS) is 32.7. The standard InChI is InChI=1S/C26H36N10O5S/c1-12(5-15(37)9-34-11-30-31-32-34)19-20-13(2)22(21(25(40)41)36(20)24(19)39)42-16-6-17(29-7-16)23(38)33-8-14-3-4-35(26(27)28)18(14)10-33/h11-14,16-20,29H,3-10H2,1-2H3,(H3,27,28)(H,40,41)/t12-,13+,14?,16-,17?,18?,19+,20+/m0/s1. The molecule has 0 aliphatic carbocycles. The maximum Gasteiger partial charge on any atom is 0.353 e. The van der Waals surface area contributed by atoms with E-state index in [4.69, 9.17) is 11.1 Å². The van der Waals surface area contributed by atoms with E-state index in [1.165, 1.54) is 27.7 Å². The second-order valence-electron chi connectivity index (χ2n) is 12.1. The third-order valence-electron chi connectivity index (χ3n) is 9.53. The first-order valence-corrected chi connectivity index (χ1v) is 15.3. The molecule has 16 heteroatoms. The minimum Gasteiger partial charge on any atom is -0.477 e. The lowest BCUT2D eigenvalue weighted by Crippen LogP contribution is -2.62. The maximum atomic E-state index is 13.4. The number of hydrogen-bond acceptors (Lipinski definition) is 10. The lowest BCUT2D eigenvalue weighted by Gasteiger charge is -2.47. The van der Waals surface area contributed by atoms with Crippen molar-refractivity contribution >= 4 is 41.3 Å². The number of aliphatic carboxylic acids is 1. The van der Waals surface area contributed by atoms with Crippen molar-refractivity contribution in [2.24, 2.45) is 29.4 Å². The quantitative estimate of drug-likeness (QED) is 0.152. The Hall–Kier alpha value is -3.53. The number of carbonyl (C=O) groups excluding carboxylic acids is 3.